The molecular weight excluding hydrogens is 488 g/mol. The largest absolute Gasteiger partial charge is 0.272 e. The van der Waals surface area contributed by atoms with E-state index in [0.29, 0.717) is 16.5 Å². The Morgan fingerprint density at radius 3 is 2.46 bits per heavy atom. The first-order chi connectivity index (χ1) is 17.7. The van der Waals surface area contributed by atoms with Gasteiger partial charge in [0.15, 0.2) is 11.0 Å². The number of aromatic nitrogens is 3. The van der Waals surface area contributed by atoms with Crippen molar-refractivity contribution < 1.29 is 9.72 Å². The molecule has 188 valence electrons. The number of nitro benzene ring substituents is 1. The first kappa shape index (κ1) is 25.8. The third-order valence-corrected chi connectivity index (χ3v) is 6.40. The van der Waals surface area contributed by atoms with Crippen LogP contribution in [0.4, 0.5) is 5.69 Å². The van der Waals surface area contributed by atoms with Crippen molar-refractivity contribution in [1.82, 2.24) is 20.2 Å². The molecule has 0 spiro atoms. The summed E-state index contributed by atoms with van der Waals surface area (Å²) in [6.45, 7) is 6.51. The van der Waals surface area contributed by atoms with Crippen molar-refractivity contribution in [2.75, 3.05) is 5.75 Å². The van der Waals surface area contributed by atoms with Crippen molar-refractivity contribution >= 4 is 29.6 Å². The minimum atomic E-state index is -0.483. The molecule has 0 atom stereocenters. The zero-order chi connectivity index (χ0) is 26.4. The van der Waals surface area contributed by atoms with Gasteiger partial charge in [0.05, 0.1) is 16.9 Å². The summed E-state index contributed by atoms with van der Waals surface area (Å²) in [7, 11) is 0. The van der Waals surface area contributed by atoms with Gasteiger partial charge in [-0.25, -0.2) is 5.43 Å². The summed E-state index contributed by atoms with van der Waals surface area (Å²) >= 11 is 1.24. The highest BCUT2D eigenvalue weighted by molar-refractivity contribution is 7.99. The highest BCUT2D eigenvalue weighted by Crippen LogP contribution is 2.30. The molecule has 1 N–H and O–H groups in total. The van der Waals surface area contributed by atoms with Gasteiger partial charge in [0.1, 0.15) is 0 Å². The average molecular weight is 515 g/mol. The fourth-order valence-electron chi connectivity index (χ4n) is 3.54. The number of rotatable bonds is 8. The lowest BCUT2D eigenvalue weighted by molar-refractivity contribution is -0.384. The van der Waals surface area contributed by atoms with Gasteiger partial charge in [-0.3, -0.25) is 19.5 Å². The number of carbonyl (C=O) groups is 1. The van der Waals surface area contributed by atoms with Gasteiger partial charge in [0.25, 0.3) is 11.6 Å². The molecule has 3 aromatic carbocycles. The van der Waals surface area contributed by atoms with Gasteiger partial charge in [0.2, 0.25) is 0 Å². The fourth-order valence-corrected chi connectivity index (χ4v) is 4.28. The van der Waals surface area contributed by atoms with Gasteiger partial charge in [-0.15, -0.1) is 10.2 Å². The van der Waals surface area contributed by atoms with Crippen LogP contribution in [-0.2, 0) is 10.2 Å². The van der Waals surface area contributed by atoms with E-state index >= 15 is 0 Å². The molecule has 4 rings (SSSR count). The van der Waals surface area contributed by atoms with E-state index in [9.17, 15) is 14.9 Å². The Balaban J connectivity index is 1.50. The smallest absolute Gasteiger partial charge is 0.270 e. The number of nitrogens with zero attached hydrogens (tertiary/aromatic N) is 5. The molecule has 1 aromatic heterocycles. The van der Waals surface area contributed by atoms with Crippen LogP contribution in [0, 0.1) is 10.1 Å². The lowest BCUT2D eigenvalue weighted by Gasteiger charge is -2.19. The van der Waals surface area contributed by atoms with Crippen LogP contribution in [0.2, 0.25) is 0 Å². The van der Waals surface area contributed by atoms with Gasteiger partial charge in [-0.1, -0.05) is 87.1 Å². The molecule has 0 fully saturated rings. The zero-order valence-electron chi connectivity index (χ0n) is 20.7. The van der Waals surface area contributed by atoms with Crippen molar-refractivity contribution in [2.24, 2.45) is 5.10 Å². The highest BCUT2D eigenvalue weighted by atomic mass is 32.2. The predicted octanol–water partition coefficient (Wildman–Crippen LogP) is 5.38. The second-order valence-electron chi connectivity index (χ2n) is 9.24. The number of nitrogens with one attached hydrogen (secondary N) is 1. The lowest BCUT2D eigenvalue weighted by atomic mass is 9.87. The molecule has 10 heteroatoms. The summed E-state index contributed by atoms with van der Waals surface area (Å²) < 4.78 is 1.93. The first-order valence-corrected chi connectivity index (χ1v) is 12.5. The van der Waals surface area contributed by atoms with Crippen molar-refractivity contribution in [1.29, 1.82) is 0 Å². The van der Waals surface area contributed by atoms with Gasteiger partial charge >= 0.3 is 0 Å². The van der Waals surface area contributed by atoms with E-state index in [2.05, 4.69) is 53.6 Å². The van der Waals surface area contributed by atoms with E-state index in [4.69, 9.17) is 0 Å². The summed E-state index contributed by atoms with van der Waals surface area (Å²) in [5.41, 5.74) is 5.97. The van der Waals surface area contributed by atoms with Crippen LogP contribution in [0.1, 0.15) is 31.9 Å². The summed E-state index contributed by atoms with van der Waals surface area (Å²) in [5.74, 6) is 0.392. The van der Waals surface area contributed by atoms with E-state index in [-0.39, 0.29) is 22.8 Å². The molecule has 4 aromatic rings. The predicted molar refractivity (Wildman–Crippen MR) is 145 cm³/mol. The Hall–Kier alpha value is -4.31. The Labute approximate surface area is 218 Å². The number of para-hydroxylation sites is 1. The van der Waals surface area contributed by atoms with Gasteiger partial charge in [-0.2, -0.15) is 5.10 Å². The van der Waals surface area contributed by atoms with Gasteiger partial charge in [0, 0.05) is 28.9 Å². The molecule has 0 aliphatic rings. The Bertz CT molecular complexity index is 1430. The molecule has 0 aliphatic heterocycles. The van der Waals surface area contributed by atoms with E-state index in [1.54, 1.807) is 12.1 Å². The lowest BCUT2D eigenvalue weighted by Crippen LogP contribution is -2.20. The van der Waals surface area contributed by atoms with Crippen molar-refractivity contribution in [3.63, 3.8) is 0 Å². The molecule has 0 unspecified atom stereocenters. The van der Waals surface area contributed by atoms with Gasteiger partial charge in [-0.05, 0) is 23.1 Å². The maximum atomic E-state index is 12.4. The third kappa shape index (κ3) is 6.47. The first-order valence-electron chi connectivity index (χ1n) is 11.5. The molecule has 0 saturated carbocycles. The summed E-state index contributed by atoms with van der Waals surface area (Å²) in [5, 5.41) is 24.2. The van der Waals surface area contributed by atoms with Crippen molar-refractivity contribution in [3.8, 4) is 17.1 Å². The average Bonchev–Trinajstić information content (AvgIpc) is 3.32. The van der Waals surface area contributed by atoms with E-state index in [1.165, 1.54) is 35.7 Å². The maximum Gasteiger partial charge on any atom is 0.270 e. The van der Waals surface area contributed by atoms with E-state index < -0.39 is 4.92 Å². The quantitative estimate of drug-likeness (QED) is 0.146. The second kappa shape index (κ2) is 11.2. The number of hydrazone groups is 1. The van der Waals surface area contributed by atoms with Crippen molar-refractivity contribution in [2.45, 2.75) is 31.3 Å². The van der Waals surface area contributed by atoms with Crippen LogP contribution in [0.15, 0.2) is 89.1 Å². The topological polar surface area (TPSA) is 115 Å². The van der Waals surface area contributed by atoms with Crippen LogP contribution in [0.3, 0.4) is 0 Å². The number of non-ortho nitro benzene ring substituents is 1. The molecule has 9 nitrogen and oxygen atoms in total. The monoisotopic (exact) mass is 514 g/mol. The minimum Gasteiger partial charge on any atom is -0.272 e. The maximum absolute atomic E-state index is 12.4. The molecule has 0 bridgehead atoms. The van der Waals surface area contributed by atoms with Gasteiger partial charge < -0.3 is 0 Å². The van der Waals surface area contributed by atoms with Crippen LogP contribution in [-0.4, -0.2) is 37.6 Å². The second-order valence-corrected chi connectivity index (χ2v) is 10.2. The van der Waals surface area contributed by atoms with E-state index in [1.807, 2.05) is 47.0 Å². The Morgan fingerprint density at radius 2 is 1.78 bits per heavy atom. The number of hydrogen-bond acceptors (Lipinski definition) is 7. The molecule has 0 aliphatic carbocycles. The van der Waals surface area contributed by atoms with Crippen LogP contribution >= 0.6 is 11.8 Å². The molecule has 1 heterocycles. The van der Waals surface area contributed by atoms with Crippen LogP contribution < -0.4 is 5.43 Å². The standard InChI is InChI=1S/C27H26N6O3S/c1-27(2,3)21-14-12-20(13-15-21)25-30-31-26(32(25)22-9-5-4-6-10-22)37-18-24(34)29-28-17-19-8-7-11-23(16-19)33(35)36/h4-17H,18H2,1-3H3,(H,29,34)/b28-17-. The van der Waals surface area contributed by atoms with Crippen LogP contribution in [0.25, 0.3) is 17.1 Å². The Morgan fingerprint density at radius 1 is 1.05 bits per heavy atom. The molecular formula is C27H26N6O3S. The SMILES string of the molecule is CC(C)(C)c1ccc(-c2nnc(SCC(=O)N/N=C\c3cccc([N+](=O)[O-])c3)n2-c2ccccc2)cc1. The Kier molecular flexibility index (Phi) is 7.78. The summed E-state index contributed by atoms with van der Waals surface area (Å²) in [6.07, 6.45) is 1.36. The number of amides is 1. The number of nitro groups is 1. The molecule has 1 amide bonds. The number of carbonyl (C=O) groups excluding carboxylic acids is 1. The molecule has 0 radical (unpaired) electrons. The summed E-state index contributed by atoms with van der Waals surface area (Å²) in [4.78, 5) is 22.9. The van der Waals surface area contributed by atoms with Crippen LogP contribution in [0.5, 0.6) is 0 Å². The highest BCUT2D eigenvalue weighted by Gasteiger charge is 2.19. The van der Waals surface area contributed by atoms with E-state index in [0.717, 1.165) is 11.3 Å². The zero-order valence-corrected chi connectivity index (χ0v) is 21.5. The normalized spacial score (nSPS) is 11.5. The molecule has 37 heavy (non-hydrogen) atoms. The fraction of sp³-hybridized carbons (Fsp3) is 0.185. The molecule has 0 saturated heterocycles. The number of thioether (sulfide) groups is 1. The van der Waals surface area contributed by atoms with Crippen molar-refractivity contribution in [3.05, 3.63) is 100 Å². The number of hydrogen-bond donors (Lipinski definition) is 1. The third-order valence-electron chi connectivity index (χ3n) is 5.47. The summed E-state index contributed by atoms with van der Waals surface area (Å²) in [6, 6.07) is 24.0. The number of benzene rings is 3. The minimum absolute atomic E-state index is 0.0394.